The summed E-state index contributed by atoms with van der Waals surface area (Å²) in [5.74, 6) is 1.54. The van der Waals surface area contributed by atoms with E-state index in [9.17, 15) is 4.79 Å². The number of rotatable bonds is 8. The van der Waals surface area contributed by atoms with E-state index >= 15 is 0 Å². The van der Waals surface area contributed by atoms with Crippen LogP contribution in [0.3, 0.4) is 0 Å². The van der Waals surface area contributed by atoms with E-state index in [-0.39, 0.29) is 12.0 Å². The van der Waals surface area contributed by atoms with Gasteiger partial charge in [0.2, 0.25) is 0 Å². The first-order chi connectivity index (χ1) is 10.2. The van der Waals surface area contributed by atoms with Crippen molar-refractivity contribution in [3.8, 4) is 11.5 Å². The monoisotopic (exact) mass is 293 g/mol. The van der Waals surface area contributed by atoms with E-state index in [1.54, 1.807) is 0 Å². The van der Waals surface area contributed by atoms with Gasteiger partial charge in [0.1, 0.15) is 6.04 Å². The van der Waals surface area contributed by atoms with Crippen molar-refractivity contribution >= 4 is 11.7 Å². The maximum atomic E-state index is 11.8. The van der Waals surface area contributed by atoms with Crippen molar-refractivity contribution in [2.24, 2.45) is 5.92 Å². The molecule has 0 bridgehead atoms. The molecule has 0 spiro atoms. The molecule has 21 heavy (non-hydrogen) atoms. The first kappa shape index (κ1) is 15.5. The molecule has 1 aromatic rings. The zero-order chi connectivity index (χ0) is 15.2. The number of esters is 1. The summed E-state index contributed by atoms with van der Waals surface area (Å²) in [5.41, 5.74) is 0.837. The fraction of sp³-hybridized carbons (Fsp3) is 0.562. The van der Waals surface area contributed by atoms with E-state index < -0.39 is 0 Å². The Bertz CT molecular complexity index is 485. The van der Waals surface area contributed by atoms with Crippen LogP contribution in [-0.4, -0.2) is 32.3 Å². The van der Waals surface area contributed by atoms with E-state index in [1.165, 1.54) is 7.11 Å². The fourth-order valence-electron chi connectivity index (χ4n) is 2.25. The molecule has 1 N–H and O–H groups in total. The summed E-state index contributed by atoms with van der Waals surface area (Å²) in [6.45, 7) is 5.01. The average molecular weight is 293 g/mol. The van der Waals surface area contributed by atoms with Gasteiger partial charge in [0.15, 0.2) is 11.5 Å². The van der Waals surface area contributed by atoms with Gasteiger partial charge in [-0.15, -0.1) is 0 Å². The van der Waals surface area contributed by atoms with Crippen LogP contribution in [0.15, 0.2) is 18.2 Å². The van der Waals surface area contributed by atoms with Crippen LogP contribution in [0.5, 0.6) is 11.5 Å². The van der Waals surface area contributed by atoms with Crippen molar-refractivity contribution in [2.75, 3.05) is 25.6 Å². The number of hydrogen-bond donors (Lipinski definition) is 1. The topological polar surface area (TPSA) is 56.8 Å². The normalized spacial score (nSPS) is 15.2. The predicted octanol–water partition coefficient (Wildman–Crippen LogP) is 2.85. The highest BCUT2D eigenvalue weighted by Crippen LogP contribution is 2.36. The van der Waals surface area contributed by atoms with Crippen LogP contribution < -0.4 is 14.8 Å². The fourth-order valence-corrected chi connectivity index (χ4v) is 2.25. The molecule has 0 aliphatic heterocycles. The van der Waals surface area contributed by atoms with Crippen molar-refractivity contribution in [2.45, 2.75) is 32.7 Å². The van der Waals surface area contributed by atoms with E-state index in [0.29, 0.717) is 30.6 Å². The molecule has 2 rings (SSSR count). The number of benzene rings is 1. The van der Waals surface area contributed by atoms with Gasteiger partial charge in [-0.25, -0.2) is 4.79 Å². The quantitative estimate of drug-likeness (QED) is 0.747. The van der Waals surface area contributed by atoms with Gasteiger partial charge in [-0.3, -0.25) is 0 Å². The minimum atomic E-state index is -0.289. The van der Waals surface area contributed by atoms with Crippen molar-refractivity contribution in [3.05, 3.63) is 18.2 Å². The molecule has 1 saturated carbocycles. The highest BCUT2D eigenvalue weighted by atomic mass is 16.5. The van der Waals surface area contributed by atoms with Crippen LogP contribution in [0.1, 0.15) is 26.7 Å². The second-order valence-corrected chi connectivity index (χ2v) is 5.01. The Hall–Kier alpha value is -1.91. The van der Waals surface area contributed by atoms with Gasteiger partial charge in [0, 0.05) is 11.8 Å². The summed E-state index contributed by atoms with van der Waals surface area (Å²) in [6.07, 6.45) is 2.12. The molecule has 1 aliphatic rings. The molecular weight excluding hydrogens is 270 g/mol. The smallest absolute Gasteiger partial charge is 0.328 e. The van der Waals surface area contributed by atoms with Crippen molar-refractivity contribution < 1.29 is 19.0 Å². The number of ether oxygens (including phenoxy) is 3. The molecule has 1 fully saturated rings. The molecule has 0 amide bonds. The molecule has 1 aliphatic carbocycles. The SMILES string of the molecule is CCOc1ccc(NC(C(=O)OC)C2CC2)cc1OCC. The molecule has 0 aromatic heterocycles. The third-order valence-electron chi connectivity index (χ3n) is 3.41. The highest BCUT2D eigenvalue weighted by Gasteiger charge is 2.37. The number of carbonyl (C=O) groups excluding carboxylic acids is 1. The highest BCUT2D eigenvalue weighted by molar-refractivity contribution is 5.80. The van der Waals surface area contributed by atoms with Crippen LogP contribution >= 0.6 is 0 Å². The molecule has 116 valence electrons. The van der Waals surface area contributed by atoms with Gasteiger partial charge in [-0.2, -0.15) is 0 Å². The lowest BCUT2D eigenvalue weighted by Crippen LogP contribution is -2.32. The lowest BCUT2D eigenvalue weighted by atomic mass is 10.1. The Morgan fingerprint density at radius 1 is 1.24 bits per heavy atom. The van der Waals surface area contributed by atoms with Crippen molar-refractivity contribution in [3.63, 3.8) is 0 Å². The van der Waals surface area contributed by atoms with Crippen LogP contribution in [-0.2, 0) is 9.53 Å². The molecule has 0 heterocycles. The first-order valence-corrected chi connectivity index (χ1v) is 7.43. The zero-order valence-corrected chi connectivity index (χ0v) is 12.8. The van der Waals surface area contributed by atoms with Crippen LogP contribution in [0, 0.1) is 5.92 Å². The molecule has 0 radical (unpaired) electrons. The minimum Gasteiger partial charge on any atom is -0.490 e. The molecule has 5 heteroatoms. The van der Waals surface area contributed by atoms with E-state index in [2.05, 4.69) is 5.32 Å². The van der Waals surface area contributed by atoms with E-state index in [4.69, 9.17) is 14.2 Å². The predicted molar refractivity (Wildman–Crippen MR) is 80.9 cm³/mol. The lowest BCUT2D eigenvalue weighted by molar-refractivity contribution is -0.142. The Kier molecular flexibility index (Phi) is 5.31. The lowest BCUT2D eigenvalue weighted by Gasteiger charge is -2.18. The molecule has 1 unspecified atom stereocenters. The summed E-state index contributed by atoms with van der Waals surface area (Å²) < 4.78 is 16.0. The second kappa shape index (κ2) is 7.20. The Morgan fingerprint density at radius 3 is 2.48 bits per heavy atom. The molecule has 1 atom stereocenters. The third-order valence-corrected chi connectivity index (χ3v) is 3.41. The van der Waals surface area contributed by atoms with E-state index in [1.807, 2.05) is 32.0 Å². The average Bonchev–Trinajstić information content (AvgIpc) is 3.31. The summed E-state index contributed by atoms with van der Waals surface area (Å²) in [7, 11) is 1.42. The standard InChI is InChI=1S/C16H23NO4/c1-4-20-13-9-8-12(10-14(13)21-5-2)17-15(11-6-7-11)16(18)19-3/h8-11,15,17H,4-7H2,1-3H3. The number of carbonyl (C=O) groups is 1. The van der Waals surface area contributed by atoms with Gasteiger partial charge in [-0.1, -0.05) is 0 Å². The summed E-state index contributed by atoms with van der Waals surface area (Å²) in [5, 5.41) is 3.25. The van der Waals surface area contributed by atoms with E-state index in [0.717, 1.165) is 18.5 Å². The number of hydrogen-bond acceptors (Lipinski definition) is 5. The van der Waals surface area contributed by atoms with Gasteiger partial charge >= 0.3 is 5.97 Å². The first-order valence-electron chi connectivity index (χ1n) is 7.43. The molecule has 1 aromatic carbocycles. The number of anilines is 1. The summed E-state index contributed by atoms with van der Waals surface area (Å²) in [6, 6.07) is 5.33. The van der Waals surface area contributed by atoms with Crippen LogP contribution in [0.2, 0.25) is 0 Å². The number of nitrogens with one attached hydrogen (secondary N) is 1. The molecule has 0 saturated heterocycles. The Labute approximate surface area is 125 Å². The van der Waals surface area contributed by atoms with Gasteiger partial charge in [-0.05, 0) is 44.7 Å². The van der Waals surface area contributed by atoms with Gasteiger partial charge < -0.3 is 19.5 Å². The van der Waals surface area contributed by atoms with Gasteiger partial charge in [0.05, 0.1) is 20.3 Å². The van der Waals surface area contributed by atoms with Crippen LogP contribution in [0.4, 0.5) is 5.69 Å². The van der Waals surface area contributed by atoms with Crippen LogP contribution in [0.25, 0.3) is 0 Å². The third kappa shape index (κ3) is 4.03. The van der Waals surface area contributed by atoms with Crippen molar-refractivity contribution in [1.82, 2.24) is 0 Å². The second-order valence-electron chi connectivity index (χ2n) is 5.01. The molecular formula is C16H23NO4. The molecule has 5 nitrogen and oxygen atoms in total. The number of methoxy groups -OCH3 is 1. The largest absolute Gasteiger partial charge is 0.490 e. The zero-order valence-electron chi connectivity index (χ0n) is 12.8. The summed E-state index contributed by atoms with van der Waals surface area (Å²) >= 11 is 0. The Morgan fingerprint density at radius 2 is 1.90 bits per heavy atom. The Balaban J connectivity index is 2.14. The van der Waals surface area contributed by atoms with Gasteiger partial charge in [0.25, 0.3) is 0 Å². The van der Waals surface area contributed by atoms with Crippen molar-refractivity contribution in [1.29, 1.82) is 0 Å². The summed E-state index contributed by atoms with van der Waals surface area (Å²) in [4.78, 5) is 11.8. The maximum Gasteiger partial charge on any atom is 0.328 e. The minimum absolute atomic E-state index is 0.218. The maximum absolute atomic E-state index is 11.8.